The van der Waals surface area contributed by atoms with Gasteiger partial charge in [-0.05, 0) is 87.5 Å². The standard InChI is InChI=1S/C26H30N2/c1-16-6-10-23-22(12-16)26-24-11-9-21(27(24)5)14-25(26)28(23)15-19(4)20-8-7-17(2)18(3)13-20/h6-8,10,12-13,15,21,24H,9,11,14H2,1-5H3/b19-15+. The molecule has 2 aromatic carbocycles. The van der Waals surface area contributed by atoms with Crippen LogP contribution in [-0.4, -0.2) is 22.6 Å². The van der Waals surface area contributed by atoms with E-state index in [-0.39, 0.29) is 0 Å². The zero-order chi connectivity index (χ0) is 19.6. The SMILES string of the molecule is C/C(=C\n1c2c(c3cc(C)ccc31)C1CCC(C2)N1C)c1ccc(C)c(C)c1. The first kappa shape index (κ1) is 17.8. The van der Waals surface area contributed by atoms with Crippen LogP contribution < -0.4 is 0 Å². The Bertz CT molecular complexity index is 1120. The first-order valence-corrected chi connectivity index (χ1v) is 10.6. The molecule has 1 aromatic heterocycles. The van der Waals surface area contributed by atoms with Gasteiger partial charge in [-0.1, -0.05) is 29.8 Å². The largest absolute Gasteiger partial charge is 0.320 e. The lowest BCUT2D eigenvalue weighted by atomic mass is 9.97. The number of allylic oxidation sites excluding steroid dienone is 1. The lowest BCUT2D eigenvalue weighted by Gasteiger charge is -2.32. The van der Waals surface area contributed by atoms with E-state index in [1.807, 2.05) is 0 Å². The second-order valence-electron chi connectivity index (χ2n) is 8.98. The van der Waals surface area contributed by atoms with Gasteiger partial charge >= 0.3 is 0 Å². The van der Waals surface area contributed by atoms with E-state index in [2.05, 4.69) is 86.8 Å². The first-order chi connectivity index (χ1) is 13.4. The summed E-state index contributed by atoms with van der Waals surface area (Å²) in [6, 6.07) is 15.1. The third-order valence-electron chi connectivity index (χ3n) is 7.19. The van der Waals surface area contributed by atoms with Crippen LogP contribution in [0.5, 0.6) is 0 Å². The predicted octanol–water partition coefficient (Wildman–Crippen LogP) is 6.28. The van der Waals surface area contributed by atoms with Crippen molar-refractivity contribution >= 4 is 22.7 Å². The summed E-state index contributed by atoms with van der Waals surface area (Å²) in [6.45, 7) is 8.85. The number of hydrogen-bond acceptors (Lipinski definition) is 1. The van der Waals surface area contributed by atoms with Crippen LogP contribution in [0.3, 0.4) is 0 Å². The minimum atomic E-state index is 0.578. The summed E-state index contributed by atoms with van der Waals surface area (Å²) < 4.78 is 2.51. The molecule has 0 N–H and O–H groups in total. The Hall–Kier alpha value is -2.32. The average Bonchev–Trinajstić information content (AvgIpc) is 3.07. The Morgan fingerprint density at radius 2 is 1.82 bits per heavy atom. The van der Waals surface area contributed by atoms with E-state index in [4.69, 9.17) is 0 Å². The Morgan fingerprint density at radius 1 is 1.00 bits per heavy atom. The third kappa shape index (κ3) is 2.58. The topological polar surface area (TPSA) is 8.17 Å². The van der Waals surface area contributed by atoms with Gasteiger partial charge in [0.2, 0.25) is 0 Å². The molecule has 2 aliphatic heterocycles. The van der Waals surface area contributed by atoms with Crippen LogP contribution >= 0.6 is 0 Å². The van der Waals surface area contributed by atoms with Gasteiger partial charge in [0.15, 0.2) is 0 Å². The molecule has 2 heteroatoms. The number of aryl methyl sites for hydroxylation is 3. The molecule has 2 atom stereocenters. The minimum Gasteiger partial charge on any atom is -0.320 e. The molecular formula is C26H30N2. The zero-order valence-electron chi connectivity index (χ0n) is 17.7. The van der Waals surface area contributed by atoms with Crippen LogP contribution in [0.4, 0.5) is 0 Å². The lowest BCUT2D eigenvalue weighted by molar-refractivity contribution is 0.223. The van der Waals surface area contributed by atoms with Crippen molar-refractivity contribution in [3.05, 3.63) is 69.9 Å². The van der Waals surface area contributed by atoms with E-state index in [0.29, 0.717) is 12.1 Å². The van der Waals surface area contributed by atoms with Gasteiger partial charge in [-0.25, -0.2) is 0 Å². The minimum absolute atomic E-state index is 0.578. The number of hydrogen-bond donors (Lipinski definition) is 0. The highest BCUT2D eigenvalue weighted by Crippen LogP contribution is 2.47. The van der Waals surface area contributed by atoms with E-state index < -0.39 is 0 Å². The molecule has 144 valence electrons. The van der Waals surface area contributed by atoms with Crippen molar-refractivity contribution < 1.29 is 0 Å². The van der Waals surface area contributed by atoms with E-state index in [1.54, 1.807) is 5.56 Å². The average molecular weight is 371 g/mol. The van der Waals surface area contributed by atoms with Crippen LogP contribution in [0.2, 0.25) is 0 Å². The second-order valence-corrected chi connectivity index (χ2v) is 8.98. The van der Waals surface area contributed by atoms with Gasteiger partial charge in [0.25, 0.3) is 0 Å². The first-order valence-electron chi connectivity index (χ1n) is 10.6. The van der Waals surface area contributed by atoms with E-state index in [0.717, 1.165) is 6.42 Å². The number of aromatic nitrogens is 1. The molecule has 0 radical (unpaired) electrons. The van der Waals surface area contributed by atoms with Crippen LogP contribution in [0.15, 0.2) is 36.4 Å². The second kappa shape index (κ2) is 6.35. The van der Waals surface area contributed by atoms with E-state index in [1.165, 1.54) is 57.3 Å². The molecule has 5 rings (SSSR count). The number of nitrogens with zero attached hydrogens (tertiary/aromatic N) is 2. The maximum Gasteiger partial charge on any atom is 0.0529 e. The Kier molecular flexibility index (Phi) is 4.03. The van der Waals surface area contributed by atoms with E-state index in [9.17, 15) is 0 Å². The third-order valence-corrected chi connectivity index (χ3v) is 7.19. The molecular weight excluding hydrogens is 340 g/mol. The van der Waals surface area contributed by atoms with Crippen LogP contribution in [-0.2, 0) is 6.42 Å². The molecule has 2 nitrogen and oxygen atoms in total. The molecule has 1 saturated heterocycles. The normalized spacial score (nSPS) is 22.1. The highest BCUT2D eigenvalue weighted by Gasteiger charge is 2.40. The molecule has 2 unspecified atom stereocenters. The number of likely N-dealkylation sites (N-methyl/N-ethyl adjacent to an activating group) is 1. The lowest BCUT2D eigenvalue weighted by Crippen LogP contribution is -2.34. The fourth-order valence-electron chi connectivity index (χ4n) is 5.32. The monoisotopic (exact) mass is 370 g/mol. The molecule has 1 fully saturated rings. The summed E-state index contributed by atoms with van der Waals surface area (Å²) in [5, 5.41) is 1.45. The summed E-state index contributed by atoms with van der Waals surface area (Å²) in [5.41, 5.74) is 11.2. The van der Waals surface area contributed by atoms with Crippen LogP contribution in [0.1, 0.15) is 59.3 Å². The van der Waals surface area contributed by atoms with Gasteiger partial charge in [-0.3, -0.25) is 4.90 Å². The Balaban J connectivity index is 1.72. The van der Waals surface area contributed by atoms with Crippen molar-refractivity contribution in [2.24, 2.45) is 0 Å². The van der Waals surface area contributed by atoms with Crippen molar-refractivity contribution in [2.75, 3.05) is 7.05 Å². The summed E-state index contributed by atoms with van der Waals surface area (Å²) in [6.07, 6.45) is 6.15. The molecule has 3 heterocycles. The summed E-state index contributed by atoms with van der Waals surface area (Å²) in [4.78, 5) is 2.62. The molecule has 0 saturated carbocycles. The van der Waals surface area contributed by atoms with Crippen molar-refractivity contribution in [3.63, 3.8) is 0 Å². The zero-order valence-corrected chi connectivity index (χ0v) is 17.7. The molecule has 0 amide bonds. The Morgan fingerprint density at radius 3 is 2.61 bits per heavy atom. The van der Waals surface area contributed by atoms with Crippen molar-refractivity contribution in [1.82, 2.24) is 9.47 Å². The van der Waals surface area contributed by atoms with Gasteiger partial charge in [0.05, 0.1) is 5.52 Å². The van der Waals surface area contributed by atoms with Crippen molar-refractivity contribution in [3.8, 4) is 0 Å². The summed E-state index contributed by atoms with van der Waals surface area (Å²) in [5.74, 6) is 0. The highest BCUT2D eigenvalue weighted by atomic mass is 15.2. The van der Waals surface area contributed by atoms with Crippen molar-refractivity contribution in [2.45, 2.75) is 59.0 Å². The molecule has 28 heavy (non-hydrogen) atoms. The highest BCUT2D eigenvalue weighted by molar-refractivity contribution is 5.91. The van der Waals surface area contributed by atoms with Crippen molar-refractivity contribution in [1.29, 1.82) is 0 Å². The van der Waals surface area contributed by atoms with Crippen LogP contribution in [0, 0.1) is 20.8 Å². The van der Waals surface area contributed by atoms with Gasteiger partial charge in [0, 0.05) is 35.8 Å². The van der Waals surface area contributed by atoms with Gasteiger partial charge in [-0.15, -0.1) is 0 Å². The summed E-state index contributed by atoms with van der Waals surface area (Å²) >= 11 is 0. The summed E-state index contributed by atoms with van der Waals surface area (Å²) in [7, 11) is 2.32. The molecule has 2 aliphatic rings. The van der Waals surface area contributed by atoms with E-state index >= 15 is 0 Å². The fourth-order valence-corrected chi connectivity index (χ4v) is 5.32. The van der Waals surface area contributed by atoms with Gasteiger partial charge in [-0.2, -0.15) is 0 Å². The molecule has 2 bridgehead atoms. The number of rotatable bonds is 2. The van der Waals surface area contributed by atoms with Gasteiger partial charge in [0.1, 0.15) is 0 Å². The number of fused-ring (bicyclic) bond motifs is 6. The molecule has 0 aliphatic carbocycles. The maximum absolute atomic E-state index is 2.62. The number of benzene rings is 2. The fraction of sp³-hybridized carbons (Fsp3) is 0.385. The Labute approximate surface area is 168 Å². The quantitative estimate of drug-likeness (QED) is 0.516. The molecule has 3 aromatic rings. The molecule has 0 spiro atoms. The maximum atomic E-state index is 2.62. The van der Waals surface area contributed by atoms with Gasteiger partial charge < -0.3 is 4.57 Å². The smallest absolute Gasteiger partial charge is 0.0529 e. The van der Waals surface area contributed by atoms with Crippen LogP contribution in [0.25, 0.3) is 22.7 Å². The predicted molar refractivity (Wildman–Crippen MR) is 120 cm³/mol.